The number of fused-ring (bicyclic) bond motifs is 1. The molecule has 34 heavy (non-hydrogen) atoms. The second-order valence-electron chi connectivity index (χ2n) is 8.31. The van der Waals surface area contributed by atoms with Crippen molar-refractivity contribution in [3.63, 3.8) is 0 Å². The molecule has 0 bridgehead atoms. The lowest BCUT2D eigenvalue weighted by Gasteiger charge is -2.16. The maximum Gasteiger partial charge on any atom is 0.266 e. The van der Waals surface area contributed by atoms with Gasteiger partial charge in [0.05, 0.1) is 23.2 Å². The Morgan fingerprint density at radius 1 is 1.12 bits per heavy atom. The van der Waals surface area contributed by atoms with E-state index in [1.807, 2.05) is 31.2 Å². The minimum atomic E-state index is -0.804. The molecule has 0 radical (unpaired) electrons. The van der Waals surface area contributed by atoms with Gasteiger partial charge in [-0.1, -0.05) is 17.7 Å². The number of amides is 1. The molecule has 174 valence electrons. The predicted molar refractivity (Wildman–Crippen MR) is 128 cm³/mol. The molecule has 2 aromatic heterocycles. The van der Waals surface area contributed by atoms with Crippen LogP contribution in [0.2, 0.25) is 0 Å². The molecule has 3 heterocycles. The minimum Gasteiger partial charge on any atom is -0.391 e. The van der Waals surface area contributed by atoms with Crippen molar-refractivity contribution < 1.29 is 18.7 Å². The molecule has 1 saturated heterocycles. The zero-order valence-corrected chi connectivity index (χ0v) is 19.0. The average Bonchev–Trinajstić information content (AvgIpc) is 3.40. The highest BCUT2D eigenvalue weighted by Gasteiger charge is 2.30. The number of pyridine rings is 1. The van der Waals surface area contributed by atoms with Gasteiger partial charge in [0.15, 0.2) is 0 Å². The second kappa shape index (κ2) is 8.66. The first-order valence-corrected chi connectivity index (χ1v) is 11.6. The number of aryl methyl sites for hydroxylation is 1. The maximum atomic E-state index is 14.5. The van der Waals surface area contributed by atoms with E-state index in [-0.39, 0.29) is 28.6 Å². The summed E-state index contributed by atoms with van der Waals surface area (Å²) in [6, 6.07) is 13.6. The lowest BCUT2D eigenvalue weighted by Crippen LogP contribution is -2.29. The van der Waals surface area contributed by atoms with Crippen LogP contribution in [0.5, 0.6) is 0 Å². The molecule has 1 aliphatic rings. The van der Waals surface area contributed by atoms with Crippen LogP contribution in [0.4, 0.5) is 20.2 Å². The van der Waals surface area contributed by atoms with Crippen molar-refractivity contribution in [1.82, 2.24) is 9.47 Å². The van der Waals surface area contributed by atoms with Gasteiger partial charge in [-0.2, -0.15) is 0 Å². The zero-order chi connectivity index (χ0) is 24.0. The van der Waals surface area contributed by atoms with Crippen LogP contribution in [0.15, 0.2) is 59.4 Å². The average molecular weight is 482 g/mol. The van der Waals surface area contributed by atoms with E-state index in [4.69, 9.17) is 0 Å². The first-order chi connectivity index (χ1) is 16.3. The number of thiophene rings is 1. The third kappa shape index (κ3) is 3.97. The Bertz CT molecular complexity index is 1460. The second-order valence-corrected chi connectivity index (χ2v) is 9.31. The minimum absolute atomic E-state index is 0.00434. The van der Waals surface area contributed by atoms with E-state index in [1.165, 1.54) is 21.6 Å². The van der Waals surface area contributed by atoms with Gasteiger partial charge in [0, 0.05) is 30.6 Å². The standard InChI is InChI=1S/C25H21F2N3O3S/c1-14-2-5-16(6-3-14)30-21(32)9-7-18-22(28-20-8-4-15(26)12-19(20)27)23(34-25(18)30)24(33)29-11-10-17(31)13-29/h2-9,12,17,28,31H,10-11,13H2,1H3/t17-/m0/s1. The Kier molecular flexibility index (Phi) is 5.66. The number of carbonyl (C=O) groups is 1. The molecule has 6 nitrogen and oxygen atoms in total. The van der Waals surface area contributed by atoms with Crippen LogP contribution in [0, 0.1) is 18.6 Å². The first-order valence-electron chi connectivity index (χ1n) is 10.8. The van der Waals surface area contributed by atoms with Crippen LogP contribution >= 0.6 is 11.3 Å². The summed E-state index contributed by atoms with van der Waals surface area (Å²) in [5.41, 5.74) is 1.74. The van der Waals surface area contributed by atoms with Crippen molar-refractivity contribution in [2.45, 2.75) is 19.4 Å². The van der Waals surface area contributed by atoms with Gasteiger partial charge >= 0.3 is 0 Å². The van der Waals surface area contributed by atoms with Crippen LogP contribution < -0.4 is 10.9 Å². The monoisotopic (exact) mass is 481 g/mol. The number of likely N-dealkylation sites (tertiary alicyclic amines) is 1. The van der Waals surface area contributed by atoms with Gasteiger partial charge in [0.1, 0.15) is 21.3 Å². The molecule has 0 unspecified atom stereocenters. The molecular weight excluding hydrogens is 460 g/mol. The number of aromatic nitrogens is 1. The topological polar surface area (TPSA) is 74.6 Å². The number of halogens is 2. The Labute approximate surface area is 197 Å². The van der Waals surface area contributed by atoms with Crippen LogP contribution in [0.25, 0.3) is 15.9 Å². The summed E-state index contributed by atoms with van der Waals surface area (Å²) < 4.78 is 29.5. The Hall–Kier alpha value is -3.56. The molecule has 0 saturated carbocycles. The van der Waals surface area contributed by atoms with E-state index < -0.39 is 17.7 Å². The molecule has 1 atom stereocenters. The summed E-state index contributed by atoms with van der Waals surface area (Å²) in [6.07, 6.45) is -0.130. The number of rotatable bonds is 4. The third-order valence-corrected chi connectivity index (χ3v) is 7.05. The van der Waals surface area contributed by atoms with E-state index in [0.717, 1.165) is 29.0 Å². The SMILES string of the molecule is Cc1ccc(-n2c(=O)ccc3c(Nc4ccc(F)cc4F)c(C(=O)N4CC[C@H](O)C4)sc32)cc1. The van der Waals surface area contributed by atoms with Gasteiger partial charge in [-0.3, -0.25) is 14.2 Å². The van der Waals surface area contributed by atoms with Gasteiger partial charge in [0.2, 0.25) is 0 Å². The fraction of sp³-hybridized carbons (Fsp3) is 0.200. The maximum absolute atomic E-state index is 14.5. The highest BCUT2D eigenvalue weighted by Crippen LogP contribution is 2.39. The summed E-state index contributed by atoms with van der Waals surface area (Å²) in [4.78, 5) is 28.6. The summed E-state index contributed by atoms with van der Waals surface area (Å²) in [7, 11) is 0. The number of nitrogens with zero attached hydrogens (tertiary/aromatic N) is 2. The van der Waals surface area contributed by atoms with Gasteiger partial charge in [0.25, 0.3) is 11.5 Å². The molecule has 2 N–H and O–H groups in total. The molecule has 2 aromatic carbocycles. The van der Waals surface area contributed by atoms with E-state index in [9.17, 15) is 23.5 Å². The fourth-order valence-electron chi connectivity index (χ4n) is 4.09. The Morgan fingerprint density at radius 3 is 2.56 bits per heavy atom. The number of β-amino-alcohol motifs (C(OH)–C–C–N with tert-alkyl or cyclic N) is 1. The lowest BCUT2D eigenvalue weighted by atomic mass is 10.2. The van der Waals surface area contributed by atoms with Crippen LogP contribution in [0.1, 0.15) is 21.7 Å². The van der Waals surface area contributed by atoms with Gasteiger partial charge in [-0.15, -0.1) is 11.3 Å². The van der Waals surface area contributed by atoms with Crippen LogP contribution in [0.3, 0.4) is 0 Å². The molecule has 0 spiro atoms. The van der Waals surface area contributed by atoms with Crippen molar-refractivity contribution in [2.24, 2.45) is 0 Å². The fourth-order valence-corrected chi connectivity index (χ4v) is 5.33. The summed E-state index contributed by atoms with van der Waals surface area (Å²) in [6.45, 7) is 2.53. The van der Waals surface area contributed by atoms with Crippen molar-refractivity contribution in [3.8, 4) is 5.69 Å². The smallest absolute Gasteiger partial charge is 0.266 e. The summed E-state index contributed by atoms with van der Waals surface area (Å²) in [5, 5.41) is 13.4. The van der Waals surface area contributed by atoms with Gasteiger partial charge < -0.3 is 15.3 Å². The number of hydrogen-bond donors (Lipinski definition) is 2. The van der Waals surface area contributed by atoms with Crippen molar-refractivity contribution in [1.29, 1.82) is 0 Å². The number of aliphatic hydroxyl groups is 1. The molecule has 1 fully saturated rings. The number of aliphatic hydroxyl groups excluding tert-OH is 1. The molecule has 5 rings (SSSR count). The summed E-state index contributed by atoms with van der Waals surface area (Å²) >= 11 is 1.12. The highest BCUT2D eigenvalue weighted by molar-refractivity contribution is 7.21. The lowest BCUT2D eigenvalue weighted by molar-refractivity contribution is 0.0770. The van der Waals surface area contributed by atoms with E-state index in [1.54, 1.807) is 6.07 Å². The van der Waals surface area contributed by atoms with Crippen LogP contribution in [-0.4, -0.2) is 39.7 Å². The molecule has 4 aromatic rings. The Morgan fingerprint density at radius 2 is 1.88 bits per heavy atom. The molecule has 0 aliphatic carbocycles. The molecular formula is C25H21F2N3O3S. The molecule has 1 aliphatic heterocycles. The van der Waals surface area contributed by atoms with E-state index >= 15 is 0 Å². The van der Waals surface area contributed by atoms with Gasteiger partial charge in [-0.05, 0) is 43.7 Å². The zero-order valence-electron chi connectivity index (χ0n) is 18.2. The summed E-state index contributed by atoms with van der Waals surface area (Å²) in [5.74, 6) is -1.85. The quantitative estimate of drug-likeness (QED) is 0.447. The van der Waals surface area contributed by atoms with Crippen molar-refractivity contribution >= 4 is 38.8 Å². The van der Waals surface area contributed by atoms with Crippen molar-refractivity contribution in [2.75, 3.05) is 18.4 Å². The molecule has 1 amide bonds. The largest absolute Gasteiger partial charge is 0.391 e. The number of benzene rings is 2. The normalized spacial score (nSPS) is 15.8. The van der Waals surface area contributed by atoms with Crippen LogP contribution in [-0.2, 0) is 0 Å². The van der Waals surface area contributed by atoms with E-state index in [2.05, 4.69) is 5.32 Å². The van der Waals surface area contributed by atoms with Crippen molar-refractivity contribution in [3.05, 3.63) is 87.0 Å². The number of nitrogens with one attached hydrogen (secondary N) is 1. The van der Waals surface area contributed by atoms with Gasteiger partial charge in [-0.25, -0.2) is 8.78 Å². The third-order valence-electron chi connectivity index (χ3n) is 5.87. The van der Waals surface area contributed by atoms with E-state index in [0.29, 0.717) is 34.6 Å². The molecule has 9 heteroatoms. The number of hydrogen-bond acceptors (Lipinski definition) is 5. The number of anilines is 2. The number of carbonyl (C=O) groups excluding carboxylic acids is 1. The highest BCUT2D eigenvalue weighted by atomic mass is 32.1. The Balaban J connectivity index is 1.72. The first kappa shape index (κ1) is 22.2. The predicted octanol–water partition coefficient (Wildman–Crippen LogP) is 4.59.